The Kier molecular flexibility index (Phi) is 8.37. The van der Waals surface area contributed by atoms with Gasteiger partial charge in [0.1, 0.15) is 0 Å². The number of alkyl halides is 7. The second-order valence-electron chi connectivity index (χ2n) is 5.63. The Bertz CT molecular complexity index is 485. The highest BCUT2D eigenvalue weighted by molar-refractivity contribution is 6.00. The molecule has 0 aromatic heterocycles. The Morgan fingerprint density at radius 2 is 1.27 bits per heavy atom. The highest BCUT2D eigenvalue weighted by Crippen LogP contribution is 2.46. The minimum absolute atomic E-state index is 0.0628. The van der Waals surface area contributed by atoms with Crippen molar-refractivity contribution in [2.24, 2.45) is 5.41 Å². The summed E-state index contributed by atoms with van der Waals surface area (Å²) in [5.41, 5.74) is -2.06. The smallest absolute Gasteiger partial charge is 0.460 e. The van der Waals surface area contributed by atoms with Crippen molar-refractivity contribution in [3.05, 3.63) is 0 Å². The van der Waals surface area contributed by atoms with Crippen LogP contribution in [0.4, 0.5) is 30.7 Å². The highest BCUT2D eigenvalue weighted by atomic mass is 19.4. The van der Waals surface area contributed by atoms with Crippen LogP contribution in [0.25, 0.3) is 0 Å². The zero-order valence-electron chi connectivity index (χ0n) is 14.5. The third-order valence-corrected chi connectivity index (χ3v) is 3.92. The Morgan fingerprint density at radius 1 is 0.808 bits per heavy atom. The molecule has 0 saturated heterocycles. The maximum Gasteiger partial charge on any atom is 0.460 e. The standard InChI is InChI=1S/C15H21F7O4/c1-4-7-8-25-10(23)12(5-2,6-3)11(24)26-9-13(16,17)14(18,19)15(20,21)22/h4-9H2,1-3H3. The van der Waals surface area contributed by atoms with E-state index in [1.807, 2.05) is 0 Å². The lowest BCUT2D eigenvalue weighted by Gasteiger charge is -2.30. The maximum atomic E-state index is 13.2. The molecule has 0 aliphatic rings. The van der Waals surface area contributed by atoms with Gasteiger partial charge in [-0.1, -0.05) is 27.2 Å². The predicted molar refractivity (Wildman–Crippen MR) is 75.8 cm³/mol. The monoisotopic (exact) mass is 398 g/mol. The summed E-state index contributed by atoms with van der Waals surface area (Å²) in [4.78, 5) is 24.1. The van der Waals surface area contributed by atoms with Crippen LogP contribution in [0.3, 0.4) is 0 Å². The maximum absolute atomic E-state index is 13.2. The molecule has 0 aliphatic carbocycles. The van der Waals surface area contributed by atoms with Gasteiger partial charge in [-0.15, -0.1) is 0 Å². The lowest BCUT2D eigenvalue weighted by Crippen LogP contribution is -2.55. The number of halogens is 7. The van der Waals surface area contributed by atoms with Crippen LogP contribution in [-0.2, 0) is 19.1 Å². The first-order valence-corrected chi connectivity index (χ1v) is 7.90. The largest absolute Gasteiger partial charge is 0.465 e. The van der Waals surface area contributed by atoms with E-state index in [0.29, 0.717) is 12.8 Å². The zero-order chi connectivity index (χ0) is 20.8. The summed E-state index contributed by atoms with van der Waals surface area (Å²) in [5.74, 6) is -14.8. The Labute approximate surface area is 146 Å². The molecule has 0 atom stereocenters. The number of carbonyl (C=O) groups excluding carboxylic acids is 2. The Morgan fingerprint density at radius 3 is 1.65 bits per heavy atom. The van der Waals surface area contributed by atoms with Gasteiger partial charge in [0.2, 0.25) is 0 Å². The molecule has 154 valence electrons. The van der Waals surface area contributed by atoms with Crippen LogP contribution in [0.15, 0.2) is 0 Å². The lowest BCUT2D eigenvalue weighted by atomic mass is 9.82. The summed E-state index contributed by atoms with van der Waals surface area (Å²) in [6.45, 7) is 1.86. The quantitative estimate of drug-likeness (QED) is 0.235. The van der Waals surface area contributed by atoms with Crippen LogP contribution in [0.1, 0.15) is 46.5 Å². The van der Waals surface area contributed by atoms with Gasteiger partial charge in [0, 0.05) is 0 Å². The molecule has 26 heavy (non-hydrogen) atoms. The van der Waals surface area contributed by atoms with Gasteiger partial charge in [-0.25, -0.2) is 0 Å². The van der Waals surface area contributed by atoms with Crippen molar-refractivity contribution >= 4 is 11.9 Å². The first kappa shape index (κ1) is 24.5. The number of esters is 2. The molecule has 0 unspecified atom stereocenters. The summed E-state index contributed by atoms with van der Waals surface area (Å²) in [6, 6.07) is 0. The average Bonchev–Trinajstić information content (AvgIpc) is 2.53. The minimum atomic E-state index is -6.53. The molecule has 0 amide bonds. The first-order chi connectivity index (χ1) is 11.7. The molecule has 0 spiro atoms. The van der Waals surface area contributed by atoms with Gasteiger partial charge in [0.25, 0.3) is 0 Å². The van der Waals surface area contributed by atoms with Gasteiger partial charge >= 0.3 is 30.0 Å². The summed E-state index contributed by atoms with van der Waals surface area (Å²) in [6.07, 6.45) is -5.96. The fourth-order valence-corrected chi connectivity index (χ4v) is 1.95. The van der Waals surface area contributed by atoms with E-state index in [4.69, 9.17) is 4.74 Å². The van der Waals surface area contributed by atoms with Crippen LogP contribution < -0.4 is 0 Å². The normalized spacial score (nSPS) is 13.5. The Balaban J connectivity index is 5.27. The van der Waals surface area contributed by atoms with Gasteiger partial charge < -0.3 is 9.47 Å². The summed E-state index contributed by atoms with van der Waals surface area (Å²) >= 11 is 0. The van der Waals surface area contributed by atoms with E-state index in [1.165, 1.54) is 13.8 Å². The molecule has 0 heterocycles. The van der Waals surface area contributed by atoms with Crippen LogP contribution in [-0.4, -0.2) is 43.2 Å². The number of carbonyl (C=O) groups is 2. The van der Waals surface area contributed by atoms with Gasteiger partial charge in [-0.05, 0) is 19.3 Å². The first-order valence-electron chi connectivity index (χ1n) is 7.90. The summed E-state index contributed by atoms with van der Waals surface area (Å²) in [7, 11) is 0. The van der Waals surface area contributed by atoms with E-state index < -0.39 is 42.0 Å². The highest BCUT2D eigenvalue weighted by Gasteiger charge is 2.73. The van der Waals surface area contributed by atoms with Crippen molar-refractivity contribution in [3.8, 4) is 0 Å². The molecule has 0 aromatic carbocycles. The third kappa shape index (κ3) is 5.00. The van der Waals surface area contributed by atoms with E-state index in [-0.39, 0.29) is 19.4 Å². The average molecular weight is 398 g/mol. The van der Waals surface area contributed by atoms with E-state index in [0.717, 1.165) is 0 Å². The van der Waals surface area contributed by atoms with Crippen LogP contribution in [0, 0.1) is 5.41 Å². The van der Waals surface area contributed by atoms with Gasteiger partial charge in [0.15, 0.2) is 12.0 Å². The molecule has 11 heteroatoms. The molecule has 0 bridgehead atoms. The van der Waals surface area contributed by atoms with Crippen molar-refractivity contribution in [1.29, 1.82) is 0 Å². The van der Waals surface area contributed by atoms with Crippen LogP contribution >= 0.6 is 0 Å². The summed E-state index contributed by atoms with van der Waals surface area (Å²) in [5, 5.41) is 0. The molecule has 0 rings (SSSR count). The molecular formula is C15H21F7O4. The number of hydrogen-bond acceptors (Lipinski definition) is 4. The van der Waals surface area contributed by atoms with E-state index in [2.05, 4.69) is 4.74 Å². The van der Waals surface area contributed by atoms with Crippen molar-refractivity contribution < 1.29 is 49.8 Å². The fourth-order valence-electron chi connectivity index (χ4n) is 1.95. The third-order valence-electron chi connectivity index (χ3n) is 3.92. The van der Waals surface area contributed by atoms with E-state index >= 15 is 0 Å². The number of unbranched alkanes of at least 4 members (excludes halogenated alkanes) is 1. The number of hydrogen-bond donors (Lipinski definition) is 0. The van der Waals surface area contributed by atoms with Gasteiger partial charge in [-0.2, -0.15) is 30.7 Å². The number of rotatable bonds is 10. The van der Waals surface area contributed by atoms with Crippen molar-refractivity contribution in [3.63, 3.8) is 0 Å². The van der Waals surface area contributed by atoms with E-state index in [1.54, 1.807) is 6.92 Å². The topological polar surface area (TPSA) is 52.6 Å². The zero-order valence-corrected chi connectivity index (χ0v) is 14.5. The molecule has 0 saturated carbocycles. The molecule has 4 nitrogen and oxygen atoms in total. The van der Waals surface area contributed by atoms with Crippen LogP contribution in [0.2, 0.25) is 0 Å². The van der Waals surface area contributed by atoms with Gasteiger partial charge in [-0.3, -0.25) is 9.59 Å². The SMILES string of the molecule is CCCCOC(=O)C(CC)(CC)C(=O)OCC(F)(F)C(F)(F)C(F)(F)F. The molecule has 0 aliphatic heterocycles. The van der Waals surface area contributed by atoms with Gasteiger partial charge in [0.05, 0.1) is 6.61 Å². The minimum Gasteiger partial charge on any atom is -0.465 e. The fraction of sp³-hybridized carbons (Fsp3) is 0.867. The summed E-state index contributed by atoms with van der Waals surface area (Å²) < 4.78 is 97.2. The molecule has 0 N–H and O–H groups in total. The van der Waals surface area contributed by atoms with Crippen LogP contribution in [0.5, 0.6) is 0 Å². The molecule has 0 fully saturated rings. The number of ether oxygens (including phenoxy) is 2. The lowest BCUT2D eigenvalue weighted by molar-refractivity contribution is -0.360. The molecule has 0 aromatic rings. The molecular weight excluding hydrogens is 377 g/mol. The van der Waals surface area contributed by atoms with Crippen molar-refractivity contribution in [2.75, 3.05) is 13.2 Å². The second-order valence-corrected chi connectivity index (χ2v) is 5.63. The molecule has 0 radical (unpaired) electrons. The Hall–Kier alpha value is -1.55. The predicted octanol–water partition coefficient (Wildman–Crippen LogP) is 4.51. The second kappa shape index (κ2) is 8.90. The van der Waals surface area contributed by atoms with Crippen molar-refractivity contribution in [2.45, 2.75) is 64.5 Å². The van der Waals surface area contributed by atoms with Crippen molar-refractivity contribution in [1.82, 2.24) is 0 Å². The van der Waals surface area contributed by atoms with E-state index in [9.17, 15) is 40.3 Å².